The first-order chi connectivity index (χ1) is 15.0. The molecular formula is C23H27N5O2S. The number of benzene rings is 1. The molecule has 1 atom stereocenters. The van der Waals surface area contributed by atoms with Crippen LogP contribution in [-0.4, -0.2) is 64.6 Å². The summed E-state index contributed by atoms with van der Waals surface area (Å²) in [6, 6.07) is 9.58. The smallest absolute Gasteiger partial charge is 0.250 e. The number of amides is 1. The highest BCUT2D eigenvalue weighted by molar-refractivity contribution is 7.19. The number of rotatable bonds is 7. The van der Waals surface area contributed by atoms with Crippen LogP contribution in [0.3, 0.4) is 0 Å². The maximum absolute atomic E-state index is 12.8. The monoisotopic (exact) mass is 437 g/mol. The van der Waals surface area contributed by atoms with Gasteiger partial charge in [-0.15, -0.1) is 11.3 Å². The first-order valence-corrected chi connectivity index (χ1v) is 11.1. The number of hydrogen-bond donors (Lipinski definition) is 2. The van der Waals surface area contributed by atoms with Crippen LogP contribution in [0.1, 0.15) is 22.0 Å². The van der Waals surface area contributed by atoms with E-state index in [0.717, 1.165) is 32.9 Å². The van der Waals surface area contributed by atoms with Gasteiger partial charge in [-0.2, -0.15) is 0 Å². The molecule has 1 amide bonds. The average molecular weight is 438 g/mol. The second-order valence-electron chi connectivity index (χ2n) is 8.01. The number of nitrogens with zero attached hydrogens (tertiary/aromatic N) is 4. The normalized spacial score (nSPS) is 14.5. The van der Waals surface area contributed by atoms with Crippen molar-refractivity contribution in [1.29, 1.82) is 0 Å². The summed E-state index contributed by atoms with van der Waals surface area (Å²) < 4.78 is 0. The van der Waals surface area contributed by atoms with Crippen molar-refractivity contribution in [3.63, 3.8) is 0 Å². The molecule has 1 aliphatic rings. The lowest BCUT2D eigenvalue weighted by Crippen LogP contribution is -2.38. The summed E-state index contributed by atoms with van der Waals surface area (Å²) in [5.74, 6) is 0.729. The summed E-state index contributed by atoms with van der Waals surface area (Å²) in [6.45, 7) is 5.67. The maximum Gasteiger partial charge on any atom is 0.250 e. The Bertz CT molecular complexity index is 1100. The largest absolute Gasteiger partial charge is 0.394 e. The van der Waals surface area contributed by atoms with Crippen molar-refractivity contribution in [2.45, 2.75) is 19.0 Å². The van der Waals surface area contributed by atoms with Gasteiger partial charge < -0.3 is 20.2 Å². The van der Waals surface area contributed by atoms with Gasteiger partial charge in [0.1, 0.15) is 17.0 Å². The number of aliphatic hydroxyl groups excluding tert-OH is 1. The van der Waals surface area contributed by atoms with E-state index in [2.05, 4.69) is 21.9 Å². The Kier molecular flexibility index (Phi) is 6.31. The number of aliphatic hydroxyl groups is 1. The van der Waals surface area contributed by atoms with Gasteiger partial charge in [0.2, 0.25) is 0 Å². The summed E-state index contributed by atoms with van der Waals surface area (Å²) in [5.41, 5.74) is 2.79. The quantitative estimate of drug-likeness (QED) is 0.553. The van der Waals surface area contributed by atoms with Crippen LogP contribution in [0.5, 0.6) is 0 Å². The summed E-state index contributed by atoms with van der Waals surface area (Å²) in [4.78, 5) is 27.6. The third kappa shape index (κ3) is 4.46. The van der Waals surface area contributed by atoms with Crippen LogP contribution >= 0.6 is 11.3 Å². The minimum atomic E-state index is -0.258. The third-order valence-electron chi connectivity index (χ3n) is 5.43. The van der Waals surface area contributed by atoms with E-state index in [1.807, 2.05) is 54.2 Å². The van der Waals surface area contributed by atoms with Crippen molar-refractivity contribution >= 4 is 33.3 Å². The van der Waals surface area contributed by atoms with Gasteiger partial charge in [-0.25, -0.2) is 9.97 Å². The van der Waals surface area contributed by atoms with Crippen molar-refractivity contribution in [3.8, 4) is 0 Å². The molecule has 0 saturated heterocycles. The van der Waals surface area contributed by atoms with E-state index in [4.69, 9.17) is 0 Å². The Labute approximate surface area is 186 Å². The predicted molar refractivity (Wildman–Crippen MR) is 124 cm³/mol. The molecule has 8 heteroatoms. The molecule has 1 unspecified atom stereocenters. The van der Waals surface area contributed by atoms with Crippen LogP contribution in [0, 0.1) is 0 Å². The lowest BCUT2D eigenvalue weighted by molar-refractivity contribution is -0.128. The van der Waals surface area contributed by atoms with Crippen molar-refractivity contribution in [2.75, 3.05) is 39.1 Å². The lowest BCUT2D eigenvalue weighted by Gasteiger charge is -2.28. The fourth-order valence-electron chi connectivity index (χ4n) is 3.97. The fourth-order valence-corrected chi connectivity index (χ4v) is 5.17. The SMILES string of the molecule is C=C(CN(C)C)C(=O)N1CCc2c(sc3ncnc(NC(CO)c4ccccc4)c23)C1. The van der Waals surface area contributed by atoms with E-state index in [0.29, 0.717) is 25.2 Å². The number of thiophene rings is 1. The summed E-state index contributed by atoms with van der Waals surface area (Å²) >= 11 is 1.60. The number of aromatic nitrogens is 2. The highest BCUT2D eigenvalue weighted by Crippen LogP contribution is 2.38. The molecular weight excluding hydrogens is 410 g/mol. The molecule has 4 rings (SSSR count). The number of hydrogen-bond acceptors (Lipinski definition) is 7. The van der Waals surface area contributed by atoms with E-state index < -0.39 is 0 Å². The van der Waals surface area contributed by atoms with Gasteiger partial charge >= 0.3 is 0 Å². The van der Waals surface area contributed by atoms with E-state index in [1.165, 1.54) is 5.56 Å². The first-order valence-electron chi connectivity index (χ1n) is 10.3. The zero-order valence-electron chi connectivity index (χ0n) is 17.8. The van der Waals surface area contributed by atoms with Gasteiger partial charge in [-0.05, 0) is 31.6 Å². The lowest BCUT2D eigenvalue weighted by atomic mass is 10.0. The Morgan fingerprint density at radius 3 is 2.81 bits per heavy atom. The molecule has 0 fully saturated rings. The number of carbonyl (C=O) groups is 1. The Balaban J connectivity index is 1.61. The van der Waals surface area contributed by atoms with Gasteiger partial charge in [0.05, 0.1) is 24.6 Å². The number of anilines is 1. The number of likely N-dealkylation sites (N-methyl/N-ethyl adjacent to an activating group) is 1. The van der Waals surface area contributed by atoms with E-state index in [-0.39, 0.29) is 18.6 Å². The van der Waals surface area contributed by atoms with Crippen LogP contribution in [0.15, 0.2) is 48.8 Å². The second-order valence-corrected chi connectivity index (χ2v) is 9.10. The fraction of sp³-hybridized carbons (Fsp3) is 0.348. The Hall–Kier alpha value is -2.81. The zero-order chi connectivity index (χ0) is 22.0. The Morgan fingerprint density at radius 2 is 2.10 bits per heavy atom. The average Bonchev–Trinajstić information content (AvgIpc) is 3.15. The standard InChI is InChI=1S/C23H27N5O2S/c1-15(11-27(2)3)23(30)28-10-9-17-19(12-28)31-22-20(17)21(24-14-25-22)26-18(13-29)16-7-5-4-6-8-16/h4-8,14,18,29H,1,9-13H2,2-3H3,(H,24,25,26). The molecule has 0 saturated carbocycles. The maximum atomic E-state index is 12.8. The molecule has 7 nitrogen and oxygen atoms in total. The van der Waals surface area contributed by atoms with E-state index in [9.17, 15) is 9.90 Å². The second kappa shape index (κ2) is 9.13. The van der Waals surface area contributed by atoms with Gasteiger partial charge in [0.25, 0.3) is 5.91 Å². The predicted octanol–water partition coefficient (Wildman–Crippen LogP) is 2.84. The van der Waals surface area contributed by atoms with Crippen LogP contribution in [0.25, 0.3) is 10.2 Å². The number of nitrogens with one attached hydrogen (secondary N) is 1. The highest BCUT2D eigenvalue weighted by atomic mass is 32.1. The highest BCUT2D eigenvalue weighted by Gasteiger charge is 2.28. The van der Waals surface area contributed by atoms with Crippen LogP contribution in [0.4, 0.5) is 5.82 Å². The van der Waals surface area contributed by atoms with Gasteiger partial charge in [0, 0.05) is 23.5 Å². The molecule has 2 N–H and O–H groups in total. The topological polar surface area (TPSA) is 81.6 Å². The summed E-state index contributed by atoms with van der Waals surface area (Å²) in [6.07, 6.45) is 2.29. The molecule has 31 heavy (non-hydrogen) atoms. The molecule has 0 radical (unpaired) electrons. The van der Waals surface area contributed by atoms with Crippen LogP contribution in [0.2, 0.25) is 0 Å². The third-order valence-corrected chi connectivity index (χ3v) is 6.55. The number of fused-ring (bicyclic) bond motifs is 3. The molecule has 3 heterocycles. The zero-order valence-corrected chi connectivity index (χ0v) is 18.7. The molecule has 1 aliphatic heterocycles. The van der Waals surface area contributed by atoms with Crippen LogP contribution in [-0.2, 0) is 17.8 Å². The summed E-state index contributed by atoms with van der Waals surface area (Å²) in [7, 11) is 3.86. The molecule has 0 spiro atoms. The van der Waals surface area contributed by atoms with Crippen LogP contribution < -0.4 is 5.32 Å². The first kappa shape index (κ1) is 21.4. The molecule has 3 aromatic rings. The minimum Gasteiger partial charge on any atom is -0.394 e. The molecule has 162 valence electrons. The van der Waals surface area contributed by atoms with Gasteiger partial charge in [-0.3, -0.25) is 4.79 Å². The minimum absolute atomic E-state index is 0.00524. The molecule has 1 aromatic carbocycles. The van der Waals surface area contributed by atoms with E-state index >= 15 is 0 Å². The molecule has 0 bridgehead atoms. The van der Waals surface area contributed by atoms with Gasteiger partial charge in [0.15, 0.2) is 0 Å². The van der Waals surface area contributed by atoms with Gasteiger partial charge in [-0.1, -0.05) is 36.9 Å². The molecule has 2 aromatic heterocycles. The van der Waals surface area contributed by atoms with Crippen molar-refractivity contribution in [1.82, 2.24) is 19.8 Å². The van der Waals surface area contributed by atoms with Crippen molar-refractivity contribution in [3.05, 3.63) is 64.8 Å². The Morgan fingerprint density at radius 1 is 1.32 bits per heavy atom. The van der Waals surface area contributed by atoms with Crippen molar-refractivity contribution < 1.29 is 9.90 Å². The van der Waals surface area contributed by atoms with E-state index in [1.54, 1.807) is 17.7 Å². The van der Waals surface area contributed by atoms with Crippen molar-refractivity contribution in [2.24, 2.45) is 0 Å². The molecule has 0 aliphatic carbocycles. The summed E-state index contributed by atoms with van der Waals surface area (Å²) in [5, 5.41) is 14.4. The number of carbonyl (C=O) groups excluding carboxylic acids is 1.